The van der Waals surface area contributed by atoms with Gasteiger partial charge in [-0.1, -0.05) is 0 Å². The van der Waals surface area contributed by atoms with Gasteiger partial charge in [-0.2, -0.15) is 0 Å². The molecule has 0 radical (unpaired) electrons. The molecule has 0 bridgehead atoms. The number of carboxylic acids is 2. The van der Waals surface area contributed by atoms with E-state index >= 15 is 0 Å². The molecule has 0 aliphatic rings. The fourth-order valence-electron chi connectivity index (χ4n) is 1.49. The Hall–Kier alpha value is -2.69. The van der Waals surface area contributed by atoms with Gasteiger partial charge < -0.3 is 31.9 Å². The van der Waals surface area contributed by atoms with Crippen LogP contribution in [0.3, 0.4) is 0 Å². The van der Waals surface area contributed by atoms with E-state index in [0.717, 1.165) is 0 Å². The molecule has 130 valence electrons. The highest BCUT2D eigenvalue weighted by molar-refractivity contribution is 5.93. The van der Waals surface area contributed by atoms with Crippen molar-refractivity contribution in [3.8, 4) is 0 Å². The molecule has 0 aromatic rings. The molecule has 7 N–H and O–H groups in total. The Balaban J connectivity index is 4.74. The number of amides is 3. The van der Waals surface area contributed by atoms with Crippen LogP contribution in [0.25, 0.3) is 0 Å². The highest BCUT2D eigenvalue weighted by atomic mass is 16.4. The standard InChI is InChI=1S/C12H20N4O7/c1-6(15-8(17)4-13)11(22)16-7(2-3-9(18)19)12(23)14-5-10(20)21/h6-7H,2-5,13H2,1H3,(H,14,23)(H,15,17)(H,16,22)(H,18,19)(H,20,21). The molecular weight excluding hydrogens is 312 g/mol. The average molecular weight is 332 g/mol. The topological polar surface area (TPSA) is 188 Å². The summed E-state index contributed by atoms with van der Waals surface area (Å²) in [5, 5.41) is 23.7. The minimum Gasteiger partial charge on any atom is -0.481 e. The van der Waals surface area contributed by atoms with E-state index in [9.17, 15) is 24.0 Å². The normalized spacial score (nSPS) is 12.6. The summed E-state index contributed by atoms with van der Waals surface area (Å²) >= 11 is 0. The smallest absolute Gasteiger partial charge is 0.322 e. The van der Waals surface area contributed by atoms with Crippen molar-refractivity contribution in [2.45, 2.75) is 31.8 Å². The minimum absolute atomic E-state index is 0.232. The van der Waals surface area contributed by atoms with Crippen LogP contribution in [0.5, 0.6) is 0 Å². The lowest BCUT2D eigenvalue weighted by Crippen LogP contribution is -2.53. The van der Waals surface area contributed by atoms with Crippen LogP contribution >= 0.6 is 0 Å². The lowest BCUT2D eigenvalue weighted by atomic mass is 10.1. The first-order chi connectivity index (χ1) is 10.7. The van der Waals surface area contributed by atoms with E-state index in [-0.39, 0.29) is 13.0 Å². The summed E-state index contributed by atoms with van der Waals surface area (Å²) < 4.78 is 0. The van der Waals surface area contributed by atoms with Crippen molar-refractivity contribution in [1.82, 2.24) is 16.0 Å². The van der Waals surface area contributed by atoms with Gasteiger partial charge in [0.05, 0.1) is 6.54 Å². The van der Waals surface area contributed by atoms with E-state index in [1.54, 1.807) is 0 Å². The van der Waals surface area contributed by atoms with Crippen LogP contribution in [0.2, 0.25) is 0 Å². The molecule has 0 spiro atoms. The maximum absolute atomic E-state index is 11.9. The van der Waals surface area contributed by atoms with Gasteiger partial charge in [-0.25, -0.2) is 0 Å². The number of hydrogen-bond donors (Lipinski definition) is 6. The van der Waals surface area contributed by atoms with Crippen LogP contribution in [-0.2, 0) is 24.0 Å². The highest BCUT2D eigenvalue weighted by Crippen LogP contribution is 1.99. The molecule has 0 aliphatic heterocycles. The molecule has 23 heavy (non-hydrogen) atoms. The van der Waals surface area contributed by atoms with Gasteiger partial charge in [0.25, 0.3) is 0 Å². The van der Waals surface area contributed by atoms with E-state index in [4.69, 9.17) is 15.9 Å². The first-order valence-electron chi connectivity index (χ1n) is 6.68. The van der Waals surface area contributed by atoms with Crippen molar-refractivity contribution in [1.29, 1.82) is 0 Å². The first kappa shape index (κ1) is 20.3. The predicted molar refractivity (Wildman–Crippen MR) is 76.1 cm³/mol. The monoisotopic (exact) mass is 332 g/mol. The fraction of sp³-hybridized carbons (Fsp3) is 0.583. The Morgan fingerprint density at radius 1 is 1.00 bits per heavy atom. The van der Waals surface area contributed by atoms with E-state index in [1.165, 1.54) is 6.92 Å². The average Bonchev–Trinajstić information content (AvgIpc) is 2.47. The highest BCUT2D eigenvalue weighted by Gasteiger charge is 2.25. The molecule has 3 amide bonds. The number of rotatable bonds is 10. The van der Waals surface area contributed by atoms with Gasteiger partial charge in [0.2, 0.25) is 17.7 Å². The van der Waals surface area contributed by atoms with E-state index in [0.29, 0.717) is 0 Å². The van der Waals surface area contributed by atoms with Crippen molar-refractivity contribution in [3.05, 3.63) is 0 Å². The molecule has 0 rings (SSSR count). The molecule has 0 saturated heterocycles. The van der Waals surface area contributed by atoms with Crippen LogP contribution in [0.1, 0.15) is 19.8 Å². The maximum atomic E-state index is 11.9. The summed E-state index contributed by atoms with van der Waals surface area (Å²) in [5.74, 6) is -4.61. The van der Waals surface area contributed by atoms with Crippen molar-refractivity contribution >= 4 is 29.7 Å². The zero-order chi connectivity index (χ0) is 18.0. The Bertz CT molecular complexity index is 480. The second-order valence-corrected chi connectivity index (χ2v) is 4.60. The molecule has 0 aromatic heterocycles. The van der Waals surface area contributed by atoms with Crippen LogP contribution < -0.4 is 21.7 Å². The third-order valence-corrected chi connectivity index (χ3v) is 2.65. The van der Waals surface area contributed by atoms with Crippen molar-refractivity contribution in [2.24, 2.45) is 5.73 Å². The minimum atomic E-state index is -1.29. The largest absolute Gasteiger partial charge is 0.481 e. The third-order valence-electron chi connectivity index (χ3n) is 2.65. The molecule has 11 nitrogen and oxygen atoms in total. The number of nitrogens with one attached hydrogen (secondary N) is 3. The quantitative estimate of drug-likeness (QED) is 0.244. The van der Waals surface area contributed by atoms with Crippen LogP contribution in [0.15, 0.2) is 0 Å². The Morgan fingerprint density at radius 2 is 1.61 bits per heavy atom. The Labute approximate surface area is 131 Å². The van der Waals surface area contributed by atoms with Crippen molar-refractivity contribution < 1.29 is 34.2 Å². The Morgan fingerprint density at radius 3 is 2.09 bits per heavy atom. The molecule has 2 atom stereocenters. The zero-order valence-corrected chi connectivity index (χ0v) is 12.5. The molecule has 11 heteroatoms. The van der Waals surface area contributed by atoms with Gasteiger partial charge in [-0.3, -0.25) is 24.0 Å². The summed E-state index contributed by atoms with van der Waals surface area (Å²) in [4.78, 5) is 55.8. The van der Waals surface area contributed by atoms with E-state index in [1.807, 2.05) is 5.32 Å². The Kier molecular flexibility index (Phi) is 8.92. The molecule has 0 saturated carbocycles. The van der Waals surface area contributed by atoms with Crippen LogP contribution in [0, 0.1) is 0 Å². The summed E-state index contributed by atoms with van der Waals surface area (Å²) in [5.41, 5.74) is 5.09. The van der Waals surface area contributed by atoms with Gasteiger partial charge in [0, 0.05) is 6.42 Å². The van der Waals surface area contributed by atoms with Crippen LogP contribution in [-0.4, -0.2) is 65.0 Å². The van der Waals surface area contributed by atoms with Crippen molar-refractivity contribution in [2.75, 3.05) is 13.1 Å². The van der Waals surface area contributed by atoms with Gasteiger partial charge in [-0.15, -0.1) is 0 Å². The number of nitrogens with two attached hydrogens (primary N) is 1. The molecular formula is C12H20N4O7. The molecule has 0 aromatic carbocycles. The number of aliphatic carboxylic acids is 2. The number of carbonyl (C=O) groups is 5. The van der Waals surface area contributed by atoms with Gasteiger partial charge in [0.15, 0.2) is 0 Å². The molecule has 2 unspecified atom stereocenters. The summed E-state index contributed by atoms with van der Waals surface area (Å²) in [6.45, 7) is 0.364. The van der Waals surface area contributed by atoms with E-state index < -0.39 is 54.7 Å². The van der Waals surface area contributed by atoms with Gasteiger partial charge in [-0.05, 0) is 13.3 Å². The summed E-state index contributed by atoms with van der Waals surface area (Å²) in [7, 11) is 0. The maximum Gasteiger partial charge on any atom is 0.322 e. The second kappa shape index (κ2) is 10.1. The SMILES string of the molecule is CC(NC(=O)CN)C(=O)NC(CCC(=O)O)C(=O)NCC(=O)O. The number of carbonyl (C=O) groups excluding carboxylic acids is 3. The first-order valence-corrected chi connectivity index (χ1v) is 6.68. The van der Waals surface area contributed by atoms with E-state index in [2.05, 4.69) is 10.6 Å². The molecule has 0 heterocycles. The summed E-state index contributed by atoms with van der Waals surface area (Å²) in [6, 6.07) is -2.24. The number of carboxylic acid groups (broad SMARTS) is 2. The lowest BCUT2D eigenvalue weighted by molar-refractivity contribution is -0.140. The van der Waals surface area contributed by atoms with Gasteiger partial charge >= 0.3 is 11.9 Å². The lowest BCUT2D eigenvalue weighted by Gasteiger charge is -2.20. The predicted octanol–water partition coefficient (Wildman–Crippen LogP) is -3.00. The third kappa shape index (κ3) is 9.03. The van der Waals surface area contributed by atoms with Gasteiger partial charge in [0.1, 0.15) is 18.6 Å². The second-order valence-electron chi connectivity index (χ2n) is 4.60. The zero-order valence-electron chi connectivity index (χ0n) is 12.5. The fourth-order valence-corrected chi connectivity index (χ4v) is 1.49. The van der Waals surface area contributed by atoms with Crippen molar-refractivity contribution in [3.63, 3.8) is 0 Å². The van der Waals surface area contributed by atoms with Crippen LogP contribution in [0.4, 0.5) is 0 Å². The molecule has 0 fully saturated rings. The molecule has 0 aliphatic carbocycles. The summed E-state index contributed by atoms with van der Waals surface area (Å²) in [6.07, 6.45) is -0.640. The number of hydrogen-bond acceptors (Lipinski definition) is 6.